The van der Waals surface area contributed by atoms with Crippen LogP contribution >= 0.6 is 0 Å². The molecule has 0 radical (unpaired) electrons. The van der Waals surface area contributed by atoms with Crippen LogP contribution in [-0.2, 0) is 11.2 Å². The molecular formula is C23H30N4O3. The van der Waals surface area contributed by atoms with Crippen LogP contribution in [0.2, 0.25) is 0 Å². The molecule has 1 fully saturated rings. The van der Waals surface area contributed by atoms with Gasteiger partial charge in [-0.15, -0.1) is 0 Å². The number of anilines is 1. The second kappa shape index (κ2) is 10.2. The molecule has 0 aliphatic carbocycles. The second-order valence-corrected chi connectivity index (χ2v) is 7.70. The number of piperazine rings is 1. The zero-order valence-corrected chi connectivity index (χ0v) is 17.9. The number of carbonyl (C=O) groups is 2. The molecule has 0 saturated carbocycles. The molecule has 1 aromatic heterocycles. The Kier molecular flexibility index (Phi) is 7.41. The monoisotopic (exact) mass is 410 g/mol. The predicted molar refractivity (Wildman–Crippen MR) is 117 cm³/mol. The quantitative estimate of drug-likeness (QED) is 0.673. The van der Waals surface area contributed by atoms with Gasteiger partial charge in [0.25, 0.3) is 0 Å². The van der Waals surface area contributed by atoms with Gasteiger partial charge in [0.15, 0.2) is 5.78 Å². The van der Waals surface area contributed by atoms with Crippen LogP contribution in [0, 0.1) is 0 Å². The smallest absolute Gasteiger partial charge is 0.224 e. The van der Waals surface area contributed by atoms with E-state index < -0.39 is 0 Å². The zero-order valence-electron chi connectivity index (χ0n) is 17.9. The molecule has 0 bridgehead atoms. The summed E-state index contributed by atoms with van der Waals surface area (Å²) >= 11 is 0. The van der Waals surface area contributed by atoms with Gasteiger partial charge in [-0.3, -0.25) is 14.5 Å². The molecule has 1 atom stereocenters. The molecular weight excluding hydrogens is 380 g/mol. The summed E-state index contributed by atoms with van der Waals surface area (Å²) in [6.45, 7) is 8.05. The van der Waals surface area contributed by atoms with Gasteiger partial charge in [0.1, 0.15) is 11.6 Å². The summed E-state index contributed by atoms with van der Waals surface area (Å²) in [6.07, 6.45) is 2.00. The van der Waals surface area contributed by atoms with E-state index in [0.29, 0.717) is 11.3 Å². The maximum atomic E-state index is 12.6. The third-order valence-electron chi connectivity index (χ3n) is 5.32. The van der Waals surface area contributed by atoms with Crippen LogP contribution in [0.15, 0.2) is 42.6 Å². The Labute approximate surface area is 178 Å². The van der Waals surface area contributed by atoms with Crippen LogP contribution in [-0.4, -0.2) is 67.4 Å². The zero-order chi connectivity index (χ0) is 21.5. The van der Waals surface area contributed by atoms with Crippen molar-refractivity contribution < 1.29 is 14.3 Å². The van der Waals surface area contributed by atoms with Crippen molar-refractivity contribution in [3.63, 3.8) is 0 Å². The number of hydrogen-bond donors (Lipinski definition) is 1. The van der Waals surface area contributed by atoms with Gasteiger partial charge in [0.05, 0.1) is 13.5 Å². The fraction of sp³-hybridized carbons (Fsp3) is 0.435. The lowest BCUT2D eigenvalue weighted by Crippen LogP contribution is -2.51. The second-order valence-electron chi connectivity index (χ2n) is 7.70. The van der Waals surface area contributed by atoms with Gasteiger partial charge in [0.2, 0.25) is 5.91 Å². The van der Waals surface area contributed by atoms with Gasteiger partial charge in [-0.2, -0.15) is 0 Å². The molecule has 2 heterocycles. The number of rotatable bonds is 8. The molecule has 2 aromatic rings. The highest BCUT2D eigenvalue weighted by Gasteiger charge is 2.20. The van der Waals surface area contributed by atoms with Gasteiger partial charge in [-0.1, -0.05) is 6.07 Å². The minimum Gasteiger partial charge on any atom is -0.496 e. The van der Waals surface area contributed by atoms with Crippen LogP contribution in [0.4, 0.5) is 5.82 Å². The molecule has 0 spiro atoms. The van der Waals surface area contributed by atoms with Crippen molar-refractivity contribution in [2.45, 2.75) is 26.3 Å². The Hall–Kier alpha value is -2.93. The minimum atomic E-state index is -0.0753. The maximum absolute atomic E-state index is 12.6. The normalized spacial score (nSPS) is 15.5. The first-order valence-electron chi connectivity index (χ1n) is 10.3. The van der Waals surface area contributed by atoms with Crippen molar-refractivity contribution in [2.24, 2.45) is 0 Å². The molecule has 3 rings (SSSR count). The minimum absolute atomic E-state index is 0.0286. The lowest BCUT2D eigenvalue weighted by Gasteiger charge is -2.36. The lowest BCUT2D eigenvalue weighted by molar-refractivity contribution is -0.121. The highest BCUT2D eigenvalue weighted by molar-refractivity contribution is 5.94. The van der Waals surface area contributed by atoms with Crippen molar-refractivity contribution in [2.75, 3.05) is 44.7 Å². The van der Waals surface area contributed by atoms with Crippen molar-refractivity contribution >= 4 is 17.5 Å². The third kappa shape index (κ3) is 5.79. The Morgan fingerprint density at radius 3 is 2.57 bits per heavy atom. The lowest BCUT2D eigenvalue weighted by atomic mass is 10.0. The molecule has 1 aliphatic heterocycles. The van der Waals surface area contributed by atoms with E-state index in [-0.39, 0.29) is 24.2 Å². The largest absolute Gasteiger partial charge is 0.496 e. The maximum Gasteiger partial charge on any atom is 0.224 e. The number of hydrogen-bond acceptors (Lipinski definition) is 6. The van der Waals surface area contributed by atoms with Gasteiger partial charge in [-0.25, -0.2) is 4.98 Å². The van der Waals surface area contributed by atoms with E-state index in [1.54, 1.807) is 25.3 Å². The van der Waals surface area contributed by atoms with E-state index in [2.05, 4.69) is 20.1 Å². The van der Waals surface area contributed by atoms with Gasteiger partial charge >= 0.3 is 0 Å². The van der Waals surface area contributed by atoms with Crippen LogP contribution in [0.1, 0.15) is 29.8 Å². The molecule has 160 valence electrons. The number of Topliss-reactive ketones (excluding diaryl/α,β-unsaturated/α-hetero) is 1. The molecule has 1 aliphatic rings. The molecule has 1 unspecified atom stereocenters. The van der Waals surface area contributed by atoms with E-state index >= 15 is 0 Å². The average Bonchev–Trinajstić information content (AvgIpc) is 2.74. The van der Waals surface area contributed by atoms with Crippen molar-refractivity contribution in [1.29, 1.82) is 0 Å². The van der Waals surface area contributed by atoms with E-state index in [4.69, 9.17) is 4.74 Å². The number of ether oxygens (including phenoxy) is 1. The number of aromatic nitrogens is 1. The summed E-state index contributed by atoms with van der Waals surface area (Å²) in [4.78, 5) is 33.3. The van der Waals surface area contributed by atoms with Crippen molar-refractivity contribution in [3.05, 3.63) is 53.7 Å². The van der Waals surface area contributed by atoms with Crippen LogP contribution < -0.4 is 15.0 Å². The molecule has 1 N–H and O–H groups in total. The molecule has 7 heteroatoms. The summed E-state index contributed by atoms with van der Waals surface area (Å²) in [5.41, 5.74) is 1.30. The van der Waals surface area contributed by atoms with Gasteiger partial charge in [-0.05, 0) is 44.2 Å². The first kappa shape index (κ1) is 21.8. The summed E-state index contributed by atoms with van der Waals surface area (Å²) in [5, 5.41) is 3.07. The average molecular weight is 411 g/mol. The Bertz CT molecular complexity index is 864. The number of methoxy groups -OCH3 is 1. The van der Waals surface area contributed by atoms with Crippen LogP contribution in [0.3, 0.4) is 0 Å². The number of nitrogens with zero attached hydrogens (tertiary/aromatic N) is 3. The summed E-state index contributed by atoms with van der Waals surface area (Å²) in [7, 11) is 1.57. The number of ketones is 1. The van der Waals surface area contributed by atoms with E-state index in [0.717, 1.165) is 44.1 Å². The summed E-state index contributed by atoms with van der Waals surface area (Å²) in [6, 6.07) is 11.2. The van der Waals surface area contributed by atoms with E-state index in [9.17, 15) is 9.59 Å². The summed E-state index contributed by atoms with van der Waals surface area (Å²) < 4.78 is 5.34. The Balaban J connectivity index is 1.48. The highest BCUT2D eigenvalue weighted by Crippen LogP contribution is 2.21. The number of carbonyl (C=O) groups excluding carboxylic acids is 2. The van der Waals surface area contributed by atoms with Crippen LogP contribution in [0.25, 0.3) is 0 Å². The Morgan fingerprint density at radius 2 is 1.93 bits per heavy atom. The number of nitrogens with one attached hydrogen (secondary N) is 1. The van der Waals surface area contributed by atoms with Gasteiger partial charge < -0.3 is 15.0 Å². The van der Waals surface area contributed by atoms with Crippen molar-refractivity contribution in [1.82, 2.24) is 15.2 Å². The topological polar surface area (TPSA) is 74.8 Å². The van der Waals surface area contributed by atoms with Gasteiger partial charge in [0, 0.05) is 56.1 Å². The standard InChI is InChI=1S/C23H30N4O3/c1-17(16-26-10-12-27(13-11-26)22-6-4-5-9-24-22)25-23(29)15-20-14-19(18(2)28)7-8-21(20)30-3/h4-9,14,17H,10-13,15-16H2,1-3H3,(H,25,29). The first-order valence-corrected chi connectivity index (χ1v) is 10.3. The fourth-order valence-electron chi connectivity index (χ4n) is 3.77. The molecule has 30 heavy (non-hydrogen) atoms. The Morgan fingerprint density at radius 1 is 1.17 bits per heavy atom. The first-order chi connectivity index (χ1) is 14.5. The molecule has 7 nitrogen and oxygen atoms in total. The number of benzene rings is 1. The highest BCUT2D eigenvalue weighted by atomic mass is 16.5. The SMILES string of the molecule is COc1ccc(C(C)=O)cc1CC(=O)NC(C)CN1CCN(c2ccccn2)CC1. The van der Waals surface area contributed by atoms with E-state index in [1.165, 1.54) is 6.92 Å². The molecule has 1 saturated heterocycles. The molecule has 1 aromatic carbocycles. The van der Waals surface area contributed by atoms with Crippen LogP contribution in [0.5, 0.6) is 5.75 Å². The third-order valence-corrected chi connectivity index (χ3v) is 5.32. The number of amides is 1. The number of pyridine rings is 1. The van der Waals surface area contributed by atoms with E-state index in [1.807, 2.05) is 31.3 Å². The predicted octanol–water partition coefficient (Wildman–Crippen LogP) is 2.16. The summed E-state index contributed by atoms with van der Waals surface area (Å²) in [5.74, 6) is 1.53. The molecule has 1 amide bonds. The van der Waals surface area contributed by atoms with Crippen molar-refractivity contribution in [3.8, 4) is 5.75 Å². The fourth-order valence-corrected chi connectivity index (χ4v) is 3.77.